The van der Waals surface area contributed by atoms with Gasteiger partial charge in [-0.3, -0.25) is 14.9 Å². The van der Waals surface area contributed by atoms with Gasteiger partial charge in [-0.2, -0.15) is 8.42 Å². The van der Waals surface area contributed by atoms with Crippen LogP contribution in [0.2, 0.25) is 5.02 Å². The first-order valence-corrected chi connectivity index (χ1v) is 9.78. The third-order valence-corrected chi connectivity index (χ3v) is 5.19. The van der Waals surface area contributed by atoms with Crippen molar-refractivity contribution in [2.75, 3.05) is 7.11 Å². The molecule has 2 aromatic carbocycles. The van der Waals surface area contributed by atoms with Gasteiger partial charge >= 0.3 is 10.1 Å². The van der Waals surface area contributed by atoms with Gasteiger partial charge in [0.05, 0.1) is 17.1 Å². The van der Waals surface area contributed by atoms with E-state index < -0.39 is 15.0 Å². The molecule has 2 rings (SSSR count). The van der Waals surface area contributed by atoms with E-state index in [4.69, 9.17) is 20.5 Å². The van der Waals surface area contributed by atoms with Crippen LogP contribution >= 0.6 is 11.6 Å². The van der Waals surface area contributed by atoms with Gasteiger partial charge in [0, 0.05) is 30.7 Å². The second kappa shape index (κ2) is 8.89. The number of nitro benzene ring substituents is 1. The molecular weight excluding hydrogens is 412 g/mol. The second-order valence-electron chi connectivity index (χ2n) is 5.51. The summed E-state index contributed by atoms with van der Waals surface area (Å²) in [5, 5.41) is 13.2. The summed E-state index contributed by atoms with van der Waals surface area (Å²) in [6.07, 6.45) is 0.280. The van der Waals surface area contributed by atoms with Crippen molar-refractivity contribution in [3.63, 3.8) is 0 Å². The minimum absolute atomic E-state index is 0.0670. The normalized spacial score (nSPS) is 11.0. The smallest absolute Gasteiger partial charge is 0.339 e. The van der Waals surface area contributed by atoms with E-state index in [1.54, 1.807) is 6.92 Å². The first-order valence-electron chi connectivity index (χ1n) is 8.00. The molecule has 0 spiro atoms. The zero-order chi connectivity index (χ0) is 20.9. The minimum atomic E-state index is -4.28. The van der Waals surface area contributed by atoms with Crippen molar-refractivity contribution in [2.24, 2.45) is 0 Å². The van der Waals surface area contributed by atoms with Gasteiger partial charge in [-0.1, -0.05) is 18.5 Å². The second-order valence-corrected chi connectivity index (χ2v) is 7.47. The first kappa shape index (κ1) is 21.5. The molecule has 0 aromatic heterocycles. The number of nitrogens with zero attached hydrogens (tertiary/aromatic N) is 1. The Hall–Kier alpha value is -2.85. The number of amides is 1. The summed E-state index contributed by atoms with van der Waals surface area (Å²) < 4.78 is 35.3. The number of carbonyl (C=O) groups excluding carboxylic acids is 1. The highest BCUT2D eigenvalue weighted by Gasteiger charge is 2.21. The topological polar surface area (TPSA) is 125 Å². The van der Waals surface area contributed by atoms with Crippen molar-refractivity contribution in [3.05, 3.63) is 57.1 Å². The summed E-state index contributed by atoms with van der Waals surface area (Å²) >= 11 is 5.89. The van der Waals surface area contributed by atoms with E-state index in [0.717, 1.165) is 18.2 Å². The maximum absolute atomic E-state index is 12.6. The lowest BCUT2D eigenvalue weighted by Crippen LogP contribution is -2.22. The number of non-ortho nitro benzene ring substituents is 1. The molecule has 11 heteroatoms. The molecular formula is C17H17ClN2O7S. The largest absolute Gasteiger partial charge is 0.496 e. The lowest BCUT2D eigenvalue weighted by molar-refractivity contribution is -0.384. The molecule has 28 heavy (non-hydrogen) atoms. The van der Waals surface area contributed by atoms with Crippen molar-refractivity contribution in [1.82, 2.24) is 5.32 Å². The van der Waals surface area contributed by atoms with Gasteiger partial charge in [0.1, 0.15) is 10.6 Å². The number of nitro groups is 1. The molecule has 0 saturated heterocycles. The predicted octanol–water partition coefficient (Wildman–Crippen LogP) is 3.05. The van der Waals surface area contributed by atoms with E-state index in [1.807, 2.05) is 0 Å². The summed E-state index contributed by atoms with van der Waals surface area (Å²) in [7, 11) is -2.86. The highest BCUT2D eigenvalue weighted by molar-refractivity contribution is 7.87. The summed E-state index contributed by atoms with van der Waals surface area (Å²) in [4.78, 5) is 21.4. The van der Waals surface area contributed by atoms with Crippen LogP contribution in [-0.2, 0) is 21.5 Å². The molecule has 0 aliphatic heterocycles. The number of benzene rings is 2. The molecule has 0 unspecified atom stereocenters. The van der Waals surface area contributed by atoms with Crippen molar-refractivity contribution in [3.8, 4) is 11.5 Å². The molecule has 0 bridgehead atoms. The molecule has 1 N–H and O–H groups in total. The molecule has 0 radical (unpaired) electrons. The van der Waals surface area contributed by atoms with Crippen LogP contribution < -0.4 is 14.2 Å². The van der Waals surface area contributed by atoms with E-state index in [1.165, 1.54) is 25.3 Å². The molecule has 0 aliphatic carbocycles. The monoisotopic (exact) mass is 428 g/mol. The van der Waals surface area contributed by atoms with Crippen molar-refractivity contribution in [2.45, 2.75) is 24.8 Å². The molecule has 0 atom stereocenters. The number of hydrogen-bond donors (Lipinski definition) is 1. The molecule has 9 nitrogen and oxygen atoms in total. The van der Waals surface area contributed by atoms with E-state index in [9.17, 15) is 23.3 Å². The van der Waals surface area contributed by atoms with Crippen molar-refractivity contribution >= 4 is 33.3 Å². The van der Waals surface area contributed by atoms with E-state index in [0.29, 0.717) is 11.3 Å². The van der Waals surface area contributed by atoms with Crippen LogP contribution in [0.1, 0.15) is 18.9 Å². The Labute approximate surface area is 166 Å². The lowest BCUT2D eigenvalue weighted by atomic mass is 10.2. The Morgan fingerprint density at radius 3 is 2.46 bits per heavy atom. The SMILES string of the molecule is CCC(=O)NCc1cc(S(=O)(=O)Oc2ccc([N+](=O)[O-])cc2Cl)ccc1OC. The van der Waals surface area contributed by atoms with Gasteiger partial charge in [0.15, 0.2) is 5.75 Å². The molecule has 0 saturated carbocycles. The van der Waals surface area contributed by atoms with Gasteiger partial charge in [0.25, 0.3) is 5.69 Å². The van der Waals surface area contributed by atoms with Crippen LogP contribution in [0.25, 0.3) is 0 Å². The lowest BCUT2D eigenvalue weighted by Gasteiger charge is -2.13. The van der Waals surface area contributed by atoms with Gasteiger partial charge in [0.2, 0.25) is 5.91 Å². The maximum Gasteiger partial charge on any atom is 0.339 e. The van der Waals surface area contributed by atoms with Gasteiger partial charge in [-0.05, 0) is 24.3 Å². The maximum atomic E-state index is 12.6. The number of nitrogens with one attached hydrogen (secondary N) is 1. The average molecular weight is 429 g/mol. The molecule has 150 valence electrons. The van der Waals surface area contributed by atoms with Crippen LogP contribution in [0.5, 0.6) is 11.5 Å². The first-order chi connectivity index (χ1) is 13.2. The Morgan fingerprint density at radius 2 is 1.89 bits per heavy atom. The quantitative estimate of drug-likeness (QED) is 0.389. The number of rotatable bonds is 8. The van der Waals surface area contributed by atoms with E-state index >= 15 is 0 Å². The summed E-state index contributed by atoms with van der Waals surface area (Å²) in [5.74, 6) is -0.0585. The van der Waals surface area contributed by atoms with Gasteiger partial charge < -0.3 is 14.2 Å². The van der Waals surface area contributed by atoms with Crippen LogP contribution in [0.4, 0.5) is 5.69 Å². The summed E-state index contributed by atoms with van der Waals surface area (Å²) in [6.45, 7) is 1.76. The van der Waals surface area contributed by atoms with Crippen LogP contribution in [0.3, 0.4) is 0 Å². The molecule has 1 amide bonds. The Bertz CT molecular complexity index is 1010. The fourth-order valence-electron chi connectivity index (χ4n) is 2.20. The highest BCUT2D eigenvalue weighted by atomic mass is 35.5. The fourth-order valence-corrected chi connectivity index (χ4v) is 3.46. The standard InChI is InChI=1S/C17H17ClN2O7S/c1-3-17(21)19-10-11-8-13(5-7-15(11)26-2)28(24,25)27-16-6-4-12(20(22)23)9-14(16)18/h4-9H,3,10H2,1-2H3,(H,19,21). The number of ether oxygens (including phenoxy) is 1. The zero-order valence-corrected chi connectivity index (χ0v) is 16.5. The minimum Gasteiger partial charge on any atom is -0.496 e. The number of carbonyl (C=O) groups is 1. The number of methoxy groups -OCH3 is 1. The Balaban J connectivity index is 2.32. The third-order valence-electron chi connectivity index (χ3n) is 3.66. The third kappa shape index (κ3) is 5.11. The van der Waals surface area contributed by atoms with Gasteiger partial charge in [-0.15, -0.1) is 0 Å². The summed E-state index contributed by atoms with van der Waals surface area (Å²) in [5.41, 5.74) is 0.136. The summed E-state index contributed by atoms with van der Waals surface area (Å²) in [6, 6.07) is 7.19. The molecule has 0 heterocycles. The molecule has 0 fully saturated rings. The highest BCUT2D eigenvalue weighted by Crippen LogP contribution is 2.32. The number of hydrogen-bond acceptors (Lipinski definition) is 7. The zero-order valence-electron chi connectivity index (χ0n) is 15.0. The number of halogens is 1. The van der Waals surface area contributed by atoms with E-state index in [2.05, 4.69) is 5.32 Å². The molecule has 0 aliphatic rings. The van der Waals surface area contributed by atoms with Crippen molar-refractivity contribution in [1.29, 1.82) is 0 Å². The Morgan fingerprint density at radius 1 is 1.21 bits per heavy atom. The van der Waals surface area contributed by atoms with Crippen LogP contribution in [-0.4, -0.2) is 26.4 Å². The Kier molecular flexibility index (Phi) is 6.81. The van der Waals surface area contributed by atoms with E-state index in [-0.39, 0.29) is 40.2 Å². The van der Waals surface area contributed by atoms with Crippen LogP contribution in [0.15, 0.2) is 41.3 Å². The predicted molar refractivity (Wildman–Crippen MR) is 101 cm³/mol. The average Bonchev–Trinajstić information content (AvgIpc) is 2.66. The molecule has 2 aromatic rings. The van der Waals surface area contributed by atoms with Crippen molar-refractivity contribution < 1.29 is 27.1 Å². The van der Waals surface area contributed by atoms with Gasteiger partial charge in [-0.25, -0.2) is 0 Å². The fraction of sp³-hybridized carbons (Fsp3) is 0.235. The van der Waals surface area contributed by atoms with Crippen LogP contribution in [0, 0.1) is 10.1 Å².